The van der Waals surface area contributed by atoms with Gasteiger partial charge in [-0.3, -0.25) is 0 Å². The third kappa shape index (κ3) is 7.00. The SMILES string of the molecule is C=C/C=C\C(=C/C)OP1OCC2(CO1)COP(OC(/C=C\C=C)=C/C)OC2. The second-order valence-electron chi connectivity index (χ2n) is 5.80. The molecule has 0 aromatic carbocycles. The summed E-state index contributed by atoms with van der Waals surface area (Å²) in [7, 11) is -2.87. The molecule has 27 heavy (non-hydrogen) atoms. The Hall–Kier alpha value is -1.26. The standard InChI is InChI=1S/C19H26O6P2/c1-5-9-11-17(7-3)24-26-20-13-19(14-21-26)15-22-27(23-16-19)25-18(8-4)12-10-6-2/h5-12H,1-2,13-16H2,3-4H3/b11-9-,12-10-,17-7+,18-8+. The van der Waals surface area contributed by atoms with Gasteiger partial charge in [0.05, 0.1) is 31.8 Å². The van der Waals surface area contributed by atoms with Crippen LogP contribution in [0.3, 0.4) is 0 Å². The van der Waals surface area contributed by atoms with Crippen molar-refractivity contribution in [3.8, 4) is 0 Å². The van der Waals surface area contributed by atoms with Gasteiger partial charge in [-0.15, -0.1) is 0 Å². The molecule has 0 radical (unpaired) electrons. The summed E-state index contributed by atoms with van der Waals surface area (Å²) in [6.45, 7) is 12.8. The average Bonchev–Trinajstić information content (AvgIpc) is 2.71. The molecule has 0 aromatic heterocycles. The predicted octanol–water partition coefficient (Wildman–Crippen LogP) is 5.85. The van der Waals surface area contributed by atoms with Crippen molar-refractivity contribution in [2.75, 3.05) is 26.4 Å². The first-order chi connectivity index (χ1) is 13.1. The zero-order valence-corrected chi connectivity index (χ0v) is 17.5. The average molecular weight is 412 g/mol. The highest BCUT2D eigenvalue weighted by Crippen LogP contribution is 2.54. The molecule has 2 fully saturated rings. The molecule has 0 aliphatic carbocycles. The van der Waals surface area contributed by atoms with Crippen LogP contribution in [0.1, 0.15) is 13.8 Å². The van der Waals surface area contributed by atoms with Gasteiger partial charge < -0.3 is 27.1 Å². The molecular formula is C19H26O6P2. The van der Waals surface area contributed by atoms with E-state index in [1.165, 1.54) is 0 Å². The second-order valence-corrected chi connectivity index (χ2v) is 8.09. The van der Waals surface area contributed by atoms with Gasteiger partial charge in [-0.2, -0.15) is 0 Å². The molecule has 2 saturated heterocycles. The third-order valence-electron chi connectivity index (χ3n) is 3.63. The fraction of sp³-hybridized carbons (Fsp3) is 0.368. The van der Waals surface area contributed by atoms with Crippen LogP contribution in [0, 0.1) is 5.41 Å². The topological polar surface area (TPSA) is 55.4 Å². The molecule has 0 aromatic rings. The summed E-state index contributed by atoms with van der Waals surface area (Å²) in [5.41, 5.74) is -0.343. The largest absolute Gasteiger partial charge is 0.427 e. The summed E-state index contributed by atoms with van der Waals surface area (Å²) >= 11 is 0. The van der Waals surface area contributed by atoms with Gasteiger partial charge in [0.25, 0.3) is 0 Å². The van der Waals surface area contributed by atoms with Gasteiger partial charge in [-0.1, -0.05) is 37.5 Å². The van der Waals surface area contributed by atoms with E-state index in [9.17, 15) is 0 Å². The fourth-order valence-corrected chi connectivity index (χ4v) is 4.60. The number of rotatable bonds is 8. The smallest absolute Gasteiger partial charge is 0.397 e. The van der Waals surface area contributed by atoms with E-state index in [1.807, 2.05) is 38.2 Å². The van der Waals surface area contributed by atoms with Crippen LogP contribution in [0.15, 0.2) is 73.3 Å². The molecule has 8 heteroatoms. The van der Waals surface area contributed by atoms with Crippen LogP contribution in [0.2, 0.25) is 0 Å². The molecule has 6 nitrogen and oxygen atoms in total. The quantitative estimate of drug-likeness (QED) is 0.283. The van der Waals surface area contributed by atoms with E-state index in [-0.39, 0.29) is 5.41 Å². The van der Waals surface area contributed by atoms with Gasteiger partial charge in [0.2, 0.25) is 0 Å². The summed E-state index contributed by atoms with van der Waals surface area (Å²) in [5.74, 6) is 1.35. The van der Waals surface area contributed by atoms with Crippen molar-refractivity contribution >= 4 is 17.2 Å². The monoisotopic (exact) mass is 412 g/mol. The molecule has 0 bridgehead atoms. The predicted molar refractivity (Wildman–Crippen MR) is 108 cm³/mol. The summed E-state index contributed by atoms with van der Waals surface area (Å²) in [6.07, 6.45) is 14.3. The van der Waals surface area contributed by atoms with Crippen molar-refractivity contribution in [3.63, 3.8) is 0 Å². The maximum Gasteiger partial charge on any atom is 0.397 e. The Morgan fingerprint density at radius 3 is 1.44 bits per heavy atom. The molecular weight excluding hydrogens is 386 g/mol. The molecule has 2 aliphatic rings. The molecule has 0 saturated carbocycles. The van der Waals surface area contributed by atoms with Gasteiger partial charge >= 0.3 is 17.2 Å². The maximum atomic E-state index is 5.77. The highest BCUT2D eigenvalue weighted by atomic mass is 31.2. The second kappa shape index (κ2) is 11.6. The Kier molecular flexibility index (Phi) is 9.43. The summed E-state index contributed by atoms with van der Waals surface area (Å²) in [5, 5.41) is 0. The van der Waals surface area contributed by atoms with Gasteiger partial charge in [-0.25, -0.2) is 0 Å². The Labute approximate surface area is 163 Å². The molecule has 148 valence electrons. The van der Waals surface area contributed by atoms with Crippen molar-refractivity contribution < 1.29 is 27.1 Å². The maximum absolute atomic E-state index is 5.77. The van der Waals surface area contributed by atoms with E-state index in [0.29, 0.717) is 37.9 Å². The van der Waals surface area contributed by atoms with Crippen LogP contribution in [0.4, 0.5) is 0 Å². The van der Waals surface area contributed by atoms with Crippen LogP contribution in [-0.2, 0) is 27.1 Å². The Balaban J connectivity index is 1.79. The molecule has 0 N–H and O–H groups in total. The molecule has 0 amide bonds. The Morgan fingerprint density at radius 2 is 1.15 bits per heavy atom. The van der Waals surface area contributed by atoms with Crippen LogP contribution in [0.25, 0.3) is 0 Å². The van der Waals surface area contributed by atoms with Crippen LogP contribution >= 0.6 is 17.2 Å². The van der Waals surface area contributed by atoms with E-state index in [4.69, 9.17) is 27.1 Å². The van der Waals surface area contributed by atoms with Crippen molar-refractivity contribution in [2.45, 2.75) is 13.8 Å². The van der Waals surface area contributed by atoms with Crippen LogP contribution in [-0.4, -0.2) is 26.4 Å². The third-order valence-corrected chi connectivity index (χ3v) is 5.71. The first-order valence-corrected chi connectivity index (χ1v) is 10.7. The van der Waals surface area contributed by atoms with E-state index in [2.05, 4.69) is 13.2 Å². The summed E-state index contributed by atoms with van der Waals surface area (Å²) in [6, 6.07) is 0. The molecule has 0 unspecified atom stereocenters. The minimum Gasteiger partial charge on any atom is -0.427 e. The van der Waals surface area contributed by atoms with Gasteiger partial charge in [0.1, 0.15) is 11.5 Å². The first-order valence-electron chi connectivity index (χ1n) is 8.53. The normalized spacial score (nSPS) is 30.0. The summed E-state index contributed by atoms with van der Waals surface area (Å²) < 4.78 is 34.5. The Bertz CT molecular complexity index is 552. The number of allylic oxidation sites excluding steroid dienone is 8. The van der Waals surface area contributed by atoms with E-state index in [1.54, 1.807) is 24.3 Å². The van der Waals surface area contributed by atoms with Gasteiger partial charge in [0, 0.05) is 0 Å². The van der Waals surface area contributed by atoms with Crippen molar-refractivity contribution in [1.29, 1.82) is 0 Å². The first kappa shape index (κ1) is 22.0. The minimum absolute atomic E-state index is 0.343. The van der Waals surface area contributed by atoms with E-state index in [0.717, 1.165) is 0 Å². The van der Waals surface area contributed by atoms with Gasteiger partial charge in [-0.05, 0) is 38.2 Å². The lowest BCUT2D eigenvalue weighted by Crippen LogP contribution is -2.44. The van der Waals surface area contributed by atoms with Crippen molar-refractivity contribution in [3.05, 3.63) is 73.3 Å². The molecule has 2 rings (SSSR count). The van der Waals surface area contributed by atoms with Crippen molar-refractivity contribution in [2.24, 2.45) is 5.41 Å². The lowest BCUT2D eigenvalue weighted by Gasteiger charge is -2.41. The zero-order chi connectivity index (χ0) is 19.5. The minimum atomic E-state index is -1.44. The lowest BCUT2D eigenvalue weighted by molar-refractivity contribution is -0.0714. The van der Waals surface area contributed by atoms with Gasteiger partial charge in [0.15, 0.2) is 0 Å². The van der Waals surface area contributed by atoms with Crippen LogP contribution in [0.5, 0.6) is 0 Å². The highest BCUT2D eigenvalue weighted by Gasteiger charge is 2.44. The summed E-state index contributed by atoms with van der Waals surface area (Å²) in [4.78, 5) is 0. The Morgan fingerprint density at radius 1 is 0.778 bits per heavy atom. The van der Waals surface area contributed by atoms with Crippen LogP contribution < -0.4 is 0 Å². The lowest BCUT2D eigenvalue weighted by atomic mass is 9.93. The molecule has 0 atom stereocenters. The fourth-order valence-electron chi connectivity index (χ4n) is 2.05. The van der Waals surface area contributed by atoms with Crippen molar-refractivity contribution in [1.82, 2.24) is 0 Å². The zero-order valence-electron chi connectivity index (χ0n) is 15.7. The van der Waals surface area contributed by atoms with E-state index >= 15 is 0 Å². The molecule has 2 heterocycles. The molecule has 1 spiro atoms. The number of hydrogen-bond acceptors (Lipinski definition) is 6. The molecule has 2 aliphatic heterocycles. The van der Waals surface area contributed by atoms with E-state index < -0.39 is 17.2 Å². The number of hydrogen-bond donors (Lipinski definition) is 0. The highest BCUT2D eigenvalue weighted by molar-refractivity contribution is 7.42.